The summed E-state index contributed by atoms with van der Waals surface area (Å²) in [6.07, 6.45) is -2.98. The molecule has 1 aromatic rings. The summed E-state index contributed by atoms with van der Waals surface area (Å²) < 4.78 is 34.3. The van der Waals surface area contributed by atoms with Gasteiger partial charge in [0.15, 0.2) is 0 Å². The van der Waals surface area contributed by atoms with E-state index in [1.54, 1.807) is 0 Å². The fraction of sp³-hybridized carbons (Fsp3) is 0.400. The summed E-state index contributed by atoms with van der Waals surface area (Å²) in [5.74, 6) is -0.719. The quantitative estimate of drug-likeness (QED) is 0.785. The van der Waals surface area contributed by atoms with Gasteiger partial charge in [-0.2, -0.15) is 0 Å². The highest BCUT2D eigenvalue weighted by atomic mass is 35.5. The Balaban J connectivity index is 3.17. The smallest absolute Gasteiger partial charge is 0.310 e. The Kier molecular flexibility index (Phi) is 4.62. The number of carbonyl (C=O) groups excluding carboxylic acids is 1. The molecule has 4 nitrogen and oxygen atoms in total. The number of hydrogen-bond donors (Lipinski definition) is 0. The molecule has 0 spiro atoms. The van der Waals surface area contributed by atoms with Crippen molar-refractivity contribution in [3.63, 3.8) is 0 Å². The largest absolute Gasteiger partial charge is 0.480 e. The normalized spacial score (nSPS) is 10.5. The lowest BCUT2D eigenvalue weighted by atomic mass is 10.1. The zero-order chi connectivity index (χ0) is 13.0. The van der Waals surface area contributed by atoms with E-state index >= 15 is 0 Å². The number of methoxy groups -OCH3 is 2. The third-order valence-corrected chi connectivity index (χ3v) is 2.41. The first kappa shape index (κ1) is 13.6. The molecule has 0 aromatic carbocycles. The molecule has 0 atom stereocenters. The lowest BCUT2D eigenvalue weighted by molar-refractivity contribution is -0.139. The maximum absolute atomic E-state index is 12.5. The van der Waals surface area contributed by atoms with Gasteiger partial charge in [0.25, 0.3) is 6.43 Å². The number of halogens is 3. The van der Waals surface area contributed by atoms with Crippen LogP contribution in [0.2, 0.25) is 5.02 Å². The minimum atomic E-state index is -2.77. The number of esters is 1. The molecule has 1 rings (SSSR count). The second kappa shape index (κ2) is 5.77. The maximum atomic E-state index is 12.5. The van der Waals surface area contributed by atoms with Crippen LogP contribution in [0.3, 0.4) is 0 Å². The predicted octanol–water partition coefficient (Wildman–Crippen LogP) is 2.40. The molecule has 0 N–H and O–H groups in total. The van der Waals surface area contributed by atoms with Gasteiger partial charge in [-0.3, -0.25) is 4.79 Å². The number of carbonyl (C=O) groups is 1. The van der Waals surface area contributed by atoms with Gasteiger partial charge in [0.2, 0.25) is 5.88 Å². The van der Waals surface area contributed by atoms with Gasteiger partial charge in [0.05, 0.1) is 20.6 Å². The average molecular weight is 266 g/mol. The van der Waals surface area contributed by atoms with Crippen LogP contribution in [0.4, 0.5) is 8.78 Å². The number of hydrogen-bond acceptors (Lipinski definition) is 4. The van der Waals surface area contributed by atoms with Gasteiger partial charge in [0.1, 0.15) is 10.7 Å². The Morgan fingerprint density at radius 2 is 2.18 bits per heavy atom. The van der Waals surface area contributed by atoms with Crippen molar-refractivity contribution in [2.45, 2.75) is 12.8 Å². The van der Waals surface area contributed by atoms with Gasteiger partial charge in [-0.1, -0.05) is 11.6 Å². The molecule has 0 unspecified atom stereocenters. The Bertz CT molecular complexity index is 426. The molecular weight excluding hydrogens is 256 g/mol. The molecule has 94 valence electrons. The van der Waals surface area contributed by atoms with Gasteiger partial charge in [0, 0.05) is 0 Å². The van der Waals surface area contributed by atoms with Crippen LogP contribution in [0.5, 0.6) is 5.88 Å². The topological polar surface area (TPSA) is 48.4 Å². The monoisotopic (exact) mass is 265 g/mol. The van der Waals surface area contributed by atoms with Gasteiger partial charge in [-0.05, 0) is 11.6 Å². The molecule has 0 bridgehead atoms. The zero-order valence-corrected chi connectivity index (χ0v) is 9.92. The number of alkyl halides is 2. The molecule has 0 saturated heterocycles. The Morgan fingerprint density at radius 1 is 1.53 bits per heavy atom. The van der Waals surface area contributed by atoms with E-state index in [2.05, 4.69) is 9.72 Å². The molecule has 0 saturated carbocycles. The maximum Gasteiger partial charge on any atom is 0.310 e. The minimum Gasteiger partial charge on any atom is -0.480 e. The van der Waals surface area contributed by atoms with E-state index < -0.39 is 18.1 Å². The first-order chi connectivity index (χ1) is 7.99. The van der Waals surface area contributed by atoms with E-state index in [9.17, 15) is 13.6 Å². The molecule has 1 heterocycles. The molecule has 1 aromatic heterocycles. The van der Waals surface area contributed by atoms with E-state index in [1.807, 2.05) is 0 Å². The van der Waals surface area contributed by atoms with E-state index in [0.717, 1.165) is 6.07 Å². The third kappa shape index (κ3) is 3.26. The Labute approximate surface area is 101 Å². The van der Waals surface area contributed by atoms with Crippen molar-refractivity contribution < 1.29 is 23.0 Å². The number of ether oxygens (including phenoxy) is 2. The highest BCUT2D eigenvalue weighted by Crippen LogP contribution is 2.30. The van der Waals surface area contributed by atoms with E-state index in [4.69, 9.17) is 16.3 Å². The summed E-state index contributed by atoms with van der Waals surface area (Å²) in [5, 5.41) is 0.0299. The van der Waals surface area contributed by atoms with E-state index in [1.165, 1.54) is 14.2 Å². The third-order valence-electron chi connectivity index (χ3n) is 2.00. The Hall–Kier alpha value is -1.43. The second-order valence-corrected chi connectivity index (χ2v) is 3.46. The molecular formula is C10H10ClF2NO3. The summed E-state index contributed by atoms with van der Waals surface area (Å²) in [7, 11) is 2.45. The van der Waals surface area contributed by atoms with Crippen LogP contribution in [0.15, 0.2) is 6.07 Å². The number of rotatable bonds is 4. The van der Waals surface area contributed by atoms with Gasteiger partial charge in [-0.25, -0.2) is 13.8 Å². The first-order valence-corrected chi connectivity index (χ1v) is 4.95. The molecule has 0 fully saturated rings. The minimum absolute atomic E-state index is 0.0299. The molecule has 17 heavy (non-hydrogen) atoms. The summed E-state index contributed by atoms with van der Waals surface area (Å²) in [5.41, 5.74) is -0.300. The molecule has 0 aliphatic carbocycles. The van der Waals surface area contributed by atoms with E-state index in [-0.39, 0.29) is 22.9 Å². The van der Waals surface area contributed by atoms with Gasteiger partial charge < -0.3 is 9.47 Å². The standard InChI is InChI=1S/C10H10ClF2NO3/c1-16-7(15)4-5-3-6(9(12)13)14-10(17-2)8(5)11/h3,9H,4H2,1-2H3. The van der Waals surface area contributed by atoms with Crippen LogP contribution in [0.1, 0.15) is 17.7 Å². The van der Waals surface area contributed by atoms with Crippen LogP contribution in [0.25, 0.3) is 0 Å². The van der Waals surface area contributed by atoms with Crippen molar-refractivity contribution in [2.24, 2.45) is 0 Å². The van der Waals surface area contributed by atoms with Crippen molar-refractivity contribution in [2.75, 3.05) is 14.2 Å². The van der Waals surface area contributed by atoms with Crippen LogP contribution in [0, 0.1) is 0 Å². The average Bonchev–Trinajstić information content (AvgIpc) is 2.31. The number of nitrogens with zero attached hydrogens (tertiary/aromatic N) is 1. The van der Waals surface area contributed by atoms with Crippen LogP contribution in [-0.4, -0.2) is 25.2 Å². The Morgan fingerprint density at radius 3 is 2.65 bits per heavy atom. The number of aromatic nitrogens is 1. The summed E-state index contributed by atoms with van der Waals surface area (Å²) in [6, 6.07) is 1.06. The fourth-order valence-corrected chi connectivity index (χ4v) is 1.42. The molecule has 0 amide bonds. The highest BCUT2D eigenvalue weighted by molar-refractivity contribution is 6.32. The lowest BCUT2D eigenvalue weighted by Gasteiger charge is -2.10. The van der Waals surface area contributed by atoms with Gasteiger partial charge >= 0.3 is 5.97 Å². The molecule has 0 aliphatic heterocycles. The van der Waals surface area contributed by atoms with Crippen LogP contribution >= 0.6 is 11.6 Å². The van der Waals surface area contributed by atoms with Crippen LogP contribution < -0.4 is 4.74 Å². The first-order valence-electron chi connectivity index (χ1n) is 4.57. The van der Waals surface area contributed by atoms with Crippen molar-refractivity contribution in [1.82, 2.24) is 4.98 Å². The zero-order valence-electron chi connectivity index (χ0n) is 9.17. The van der Waals surface area contributed by atoms with Crippen molar-refractivity contribution in [3.05, 3.63) is 22.3 Å². The number of pyridine rings is 1. The molecule has 0 radical (unpaired) electrons. The SMILES string of the molecule is COC(=O)Cc1cc(C(F)F)nc(OC)c1Cl. The highest BCUT2D eigenvalue weighted by Gasteiger charge is 2.18. The fourth-order valence-electron chi connectivity index (χ4n) is 1.18. The second-order valence-electron chi connectivity index (χ2n) is 3.08. The summed E-state index contributed by atoms with van der Waals surface area (Å²) >= 11 is 5.85. The van der Waals surface area contributed by atoms with E-state index in [0.29, 0.717) is 0 Å². The van der Waals surface area contributed by atoms with Crippen LogP contribution in [-0.2, 0) is 16.0 Å². The van der Waals surface area contributed by atoms with Crippen molar-refractivity contribution in [1.29, 1.82) is 0 Å². The predicted molar refractivity (Wildman–Crippen MR) is 56.5 cm³/mol. The van der Waals surface area contributed by atoms with Gasteiger partial charge in [-0.15, -0.1) is 0 Å². The van der Waals surface area contributed by atoms with Crippen molar-refractivity contribution >= 4 is 17.6 Å². The lowest BCUT2D eigenvalue weighted by Crippen LogP contribution is -2.07. The molecule has 0 aliphatic rings. The summed E-state index contributed by atoms with van der Waals surface area (Å²) in [6.45, 7) is 0. The van der Waals surface area contributed by atoms with Crippen molar-refractivity contribution in [3.8, 4) is 5.88 Å². The summed E-state index contributed by atoms with van der Waals surface area (Å²) in [4.78, 5) is 14.6. The molecule has 7 heteroatoms.